The van der Waals surface area contributed by atoms with E-state index in [9.17, 15) is 17.6 Å². The number of fused-ring (bicyclic) bond motifs is 1. The summed E-state index contributed by atoms with van der Waals surface area (Å²) in [6.07, 6.45) is 1.82. The lowest BCUT2D eigenvalue weighted by molar-refractivity contribution is -0.134. The number of carbonyl (C=O) groups is 1. The summed E-state index contributed by atoms with van der Waals surface area (Å²) in [7, 11) is -3.76. The molecule has 12 heteroatoms. The molecule has 4 aromatic rings. The van der Waals surface area contributed by atoms with Gasteiger partial charge in [0.2, 0.25) is 11.0 Å². The third kappa shape index (κ3) is 4.78. The minimum absolute atomic E-state index is 0. The number of aromatic nitrogens is 3. The van der Waals surface area contributed by atoms with Crippen molar-refractivity contribution in [2.24, 2.45) is 0 Å². The van der Waals surface area contributed by atoms with E-state index in [2.05, 4.69) is 19.0 Å². The van der Waals surface area contributed by atoms with Crippen molar-refractivity contribution in [1.29, 1.82) is 0 Å². The van der Waals surface area contributed by atoms with Crippen molar-refractivity contribution in [3.63, 3.8) is 0 Å². The molecule has 1 aliphatic heterocycles. The van der Waals surface area contributed by atoms with Crippen LogP contribution in [-0.2, 0) is 14.8 Å². The molecule has 1 amide bonds. The maximum atomic E-state index is 13.8. The molecule has 2 aromatic heterocycles. The molecule has 0 unspecified atom stereocenters. The van der Waals surface area contributed by atoms with Crippen LogP contribution in [0.5, 0.6) is 0 Å². The molecule has 0 aliphatic carbocycles. The van der Waals surface area contributed by atoms with E-state index in [1.54, 1.807) is 37.3 Å². The number of nitrogens with one attached hydrogen (secondary N) is 1. The first-order valence-corrected chi connectivity index (χ1v) is 13.7. The van der Waals surface area contributed by atoms with Crippen LogP contribution in [0.25, 0.3) is 10.9 Å². The molecule has 190 valence electrons. The van der Waals surface area contributed by atoms with E-state index in [1.807, 2.05) is 28.7 Å². The number of amides is 1. The van der Waals surface area contributed by atoms with Crippen LogP contribution in [0, 0.1) is 12.7 Å². The predicted octanol–water partition coefficient (Wildman–Crippen LogP) is 3.90. The highest BCUT2D eigenvalue weighted by Gasteiger charge is 2.27. The Kier molecular flexibility index (Phi) is 6.39. The lowest BCUT2D eigenvalue weighted by Gasteiger charge is -2.37. The number of benzene rings is 2. The number of hydrogen-bond acceptors (Lipinski definition) is 7. The number of hydrogen-bond donors (Lipinski definition) is 1. The summed E-state index contributed by atoms with van der Waals surface area (Å²) in [5.74, 6) is 0.159. The van der Waals surface area contributed by atoms with E-state index in [0.29, 0.717) is 37.5 Å². The Labute approximate surface area is 213 Å². The van der Waals surface area contributed by atoms with Gasteiger partial charge in [0.05, 0.1) is 10.4 Å². The fourth-order valence-electron chi connectivity index (χ4n) is 4.38. The van der Waals surface area contributed by atoms with Crippen LogP contribution in [0.3, 0.4) is 0 Å². The van der Waals surface area contributed by atoms with Crippen LogP contribution in [0.1, 0.15) is 20.2 Å². The number of carbonyl (C=O) groups excluding carboxylic acids is 1. The molecule has 1 atom stereocenters. The summed E-state index contributed by atoms with van der Waals surface area (Å²) in [6, 6.07) is 12.6. The third-order valence-corrected chi connectivity index (χ3v) is 8.52. The highest BCUT2D eigenvalue weighted by molar-refractivity contribution is 7.93. The molecule has 0 spiro atoms. The van der Waals surface area contributed by atoms with Crippen molar-refractivity contribution in [1.82, 2.24) is 18.8 Å². The topological polar surface area (TPSA) is 100 Å². The smallest absolute Gasteiger partial charge is 0.263 e. The van der Waals surface area contributed by atoms with Crippen LogP contribution in [-0.4, -0.2) is 59.3 Å². The number of sulfonamides is 1. The SMILES string of the molecule is Cc1nsc(NS(=O)(=O)c2ccc(N3CCN(C(=O)[C@@H](C)n4ccc5ccc(F)cc54)CC3)cc2)n1.[HH]. The van der Waals surface area contributed by atoms with Crippen molar-refractivity contribution in [2.45, 2.75) is 24.8 Å². The van der Waals surface area contributed by atoms with Crippen molar-refractivity contribution in [2.75, 3.05) is 35.8 Å². The van der Waals surface area contributed by atoms with E-state index >= 15 is 0 Å². The molecule has 1 aliphatic rings. The van der Waals surface area contributed by atoms with Gasteiger partial charge in [-0.25, -0.2) is 17.8 Å². The van der Waals surface area contributed by atoms with E-state index in [0.717, 1.165) is 22.6 Å². The maximum Gasteiger partial charge on any atom is 0.263 e. The Bertz CT molecular complexity index is 1520. The standard InChI is InChI=1S/C24H25FN6O3S2.H2/c1-16(31-10-9-18-3-4-19(25)15-22(18)31)23(32)30-13-11-29(12-14-30)20-5-7-21(8-6-20)36(33,34)28-24-26-17(2)27-35-24;/h3-10,15-16H,11-14H2,1-2H3,(H,26,27,28);1H/t16-;/m1./s1. The fourth-order valence-corrected chi connectivity index (χ4v) is 6.18. The second kappa shape index (κ2) is 9.51. The van der Waals surface area contributed by atoms with Gasteiger partial charge >= 0.3 is 0 Å². The van der Waals surface area contributed by atoms with E-state index in [4.69, 9.17) is 0 Å². The second-order valence-electron chi connectivity index (χ2n) is 8.66. The van der Waals surface area contributed by atoms with E-state index < -0.39 is 16.1 Å². The number of nitrogens with zero attached hydrogens (tertiary/aromatic N) is 5. The highest BCUT2D eigenvalue weighted by Crippen LogP contribution is 2.25. The van der Waals surface area contributed by atoms with Gasteiger partial charge in [-0.1, -0.05) is 0 Å². The summed E-state index contributed by atoms with van der Waals surface area (Å²) in [4.78, 5) is 21.3. The Morgan fingerprint density at radius 2 is 1.83 bits per heavy atom. The number of anilines is 2. The number of rotatable bonds is 6. The van der Waals surface area contributed by atoms with Gasteiger partial charge < -0.3 is 14.4 Å². The lowest BCUT2D eigenvalue weighted by atomic mass is 10.2. The zero-order valence-corrected chi connectivity index (χ0v) is 21.4. The normalized spacial score (nSPS) is 15.3. The minimum Gasteiger partial charge on any atom is -0.368 e. The first-order chi connectivity index (χ1) is 17.2. The Balaban J connectivity index is 0.00000320. The minimum atomic E-state index is -3.76. The van der Waals surface area contributed by atoms with Crippen molar-refractivity contribution in [3.8, 4) is 0 Å². The number of aryl methyl sites for hydroxylation is 1. The van der Waals surface area contributed by atoms with Crippen molar-refractivity contribution >= 4 is 49.2 Å². The summed E-state index contributed by atoms with van der Waals surface area (Å²) >= 11 is 0.991. The molecule has 0 bridgehead atoms. The van der Waals surface area contributed by atoms with Crippen LogP contribution in [0.15, 0.2) is 59.6 Å². The quantitative estimate of drug-likeness (QED) is 0.406. The molecule has 0 radical (unpaired) electrons. The molecule has 9 nitrogen and oxygen atoms in total. The zero-order valence-electron chi connectivity index (χ0n) is 19.8. The molecule has 5 rings (SSSR count). The van der Waals surface area contributed by atoms with E-state index in [-0.39, 0.29) is 23.2 Å². The molecule has 36 heavy (non-hydrogen) atoms. The second-order valence-corrected chi connectivity index (χ2v) is 11.1. The lowest BCUT2D eigenvalue weighted by Crippen LogP contribution is -2.50. The van der Waals surface area contributed by atoms with Gasteiger partial charge in [0.1, 0.15) is 17.7 Å². The molecular formula is C24H27FN6O3S2. The Morgan fingerprint density at radius 1 is 1.11 bits per heavy atom. The monoisotopic (exact) mass is 530 g/mol. The summed E-state index contributed by atoms with van der Waals surface area (Å²) in [5.41, 5.74) is 1.58. The Morgan fingerprint density at radius 3 is 2.50 bits per heavy atom. The summed E-state index contributed by atoms with van der Waals surface area (Å²) in [5, 5.41) is 1.12. The van der Waals surface area contributed by atoms with Crippen LogP contribution < -0.4 is 9.62 Å². The highest BCUT2D eigenvalue weighted by atomic mass is 32.2. The van der Waals surface area contributed by atoms with Crippen LogP contribution >= 0.6 is 11.5 Å². The van der Waals surface area contributed by atoms with Gasteiger partial charge in [-0.15, -0.1) is 0 Å². The summed E-state index contributed by atoms with van der Waals surface area (Å²) < 4.78 is 47.2. The molecule has 2 aromatic carbocycles. The maximum absolute atomic E-state index is 13.8. The van der Waals surface area contributed by atoms with Crippen LogP contribution in [0.2, 0.25) is 0 Å². The molecule has 3 heterocycles. The summed E-state index contributed by atoms with van der Waals surface area (Å²) in [6.45, 7) is 5.83. The Hall–Kier alpha value is -3.51. The zero-order chi connectivity index (χ0) is 25.4. The first-order valence-electron chi connectivity index (χ1n) is 11.4. The molecule has 1 fully saturated rings. The molecule has 0 saturated carbocycles. The predicted molar refractivity (Wildman–Crippen MR) is 139 cm³/mol. The number of halogens is 1. The van der Waals surface area contributed by atoms with E-state index in [1.165, 1.54) is 12.1 Å². The average Bonchev–Trinajstić information content (AvgIpc) is 3.48. The molecule has 1 saturated heterocycles. The van der Waals surface area contributed by atoms with Gasteiger partial charge in [0, 0.05) is 51.0 Å². The largest absolute Gasteiger partial charge is 0.368 e. The van der Waals surface area contributed by atoms with Gasteiger partial charge in [-0.3, -0.25) is 9.52 Å². The average molecular weight is 531 g/mol. The molecule has 1 N–H and O–H groups in total. The van der Waals surface area contributed by atoms with Gasteiger partial charge in [-0.05, 0) is 67.8 Å². The van der Waals surface area contributed by atoms with Gasteiger partial charge in [0.25, 0.3) is 10.0 Å². The van der Waals surface area contributed by atoms with Gasteiger partial charge in [0.15, 0.2) is 0 Å². The van der Waals surface area contributed by atoms with Crippen molar-refractivity contribution in [3.05, 3.63) is 66.4 Å². The van der Waals surface area contributed by atoms with Gasteiger partial charge in [-0.2, -0.15) is 4.37 Å². The first kappa shape index (κ1) is 24.2. The van der Waals surface area contributed by atoms with Crippen LogP contribution in [0.4, 0.5) is 15.2 Å². The molecular weight excluding hydrogens is 503 g/mol. The fraction of sp³-hybridized carbons (Fsp3) is 0.292. The number of piperazine rings is 1. The van der Waals surface area contributed by atoms with Crippen molar-refractivity contribution < 1.29 is 19.0 Å². The third-order valence-electron chi connectivity index (χ3n) is 6.31.